The molecule has 23 heavy (non-hydrogen) atoms. The molecule has 0 saturated carbocycles. The van der Waals surface area contributed by atoms with Crippen molar-refractivity contribution in [2.24, 2.45) is 0 Å². The summed E-state index contributed by atoms with van der Waals surface area (Å²) < 4.78 is 1.02. The summed E-state index contributed by atoms with van der Waals surface area (Å²) in [4.78, 5) is 20.9. The predicted molar refractivity (Wildman–Crippen MR) is 96.6 cm³/mol. The number of hydrogen-bond acceptors (Lipinski definition) is 4. The summed E-state index contributed by atoms with van der Waals surface area (Å²) in [6, 6.07) is 11.4. The lowest BCUT2D eigenvalue weighted by atomic mass is 10.2. The monoisotopic (exact) mass is 387 g/mol. The second-order valence-electron chi connectivity index (χ2n) is 5.05. The third-order valence-electron chi connectivity index (χ3n) is 3.22. The minimum absolute atomic E-state index is 0.0791. The van der Waals surface area contributed by atoms with Gasteiger partial charge >= 0.3 is 0 Å². The molecular formula is C17H14BrN3OS. The smallest absolute Gasteiger partial charge is 0.230 e. The van der Waals surface area contributed by atoms with E-state index in [0.29, 0.717) is 0 Å². The lowest BCUT2D eigenvalue weighted by Crippen LogP contribution is -2.14. The Morgan fingerprint density at radius 2 is 2.17 bits per heavy atom. The molecule has 1 amide bonds. The van der Waals surface area contributed by atoms with E-state index >= 15 is 0 Å². The number of rotatable bonds is 4. The number of aromatic nitrogens is 2. The molecular weight excluding hydrogens is 374 g/mol. The number of nitrogens with zero attached hydrogens (tertiary/aromatic N) is 2. The molecule has 0 saturated heterocycles. The Morgan fingerprint density at radius 3 is 2.91 bits per heavy atom. The second-order valence-corrected chi connectivity index (χ2v) is 6.76. The molecule has 1 N–H and O–H groups in total. The van der Waals surface area contributed by atoms with E-state index in [9.17, 15) is 4.79 Å². The van der Waals surface area contributed by atoms with E-state index < -0.39 is 0 Å². The standard InChI is InChI=1S/C17H14BrN3OS/c1-11-8-12(5-6-14(11)18)20-16(22)9-13-10-23-17(21-13)15-4-2-3-7-19-15/h2-8,10H,9H2,1H3,(H,20,22). The molecule has 116 valence electrons. The number of carbonyl (C=O) groups is 1. The van der Waals surface area contributed by atoms with Crippen molar-refractivity contribution in [2.45, 2.75) is 13.3 Å². The second kappa shape index (κ2) is 7.02. The van der Waals surface area contributed by atoms with Crippen molar-refractivity contribution in [3.05, 3.63) is 63.7 Å². The zero-order valence-electron chi connectivity index (χ0n) is 12.4. The van der Waals surface area contributed by atoms with Crippen LogP contribution in [0.25, 0.3) is 10.7 Å². The minimum Gasteiger partial charge on any atom is -0.326 e. The van der Waals surface area contributed by atoms with Gasteiger partial charge in [0.25, 0.3) is 0 Å². The molecule has 0 fully saturated rings. The normalized spacial score (nSPS) is 10.5. The van der Waals surface area contributed by atoms with Crippen molar-refractivity contribution in [1.82, 2.24) is 9.97 Å². The van der Waals surface area contributed by atoms with Crippen LogP contribution in [0.1, 0.15) is 11.3 Å². The SMILES string of the molecule is Cc1cc(NC(=O)Cc2csc(-c3ccccn3)n2)ccc1Br. The van der Waals surface area contributed by atoms with Crippen LogP contribution in [0.4, 0.5) is 5.69 Å². The van der Waals surface area contributed by atoms with Gasteiger partial charge in [-0.15, -0.1) is 11.3 Å². The Morgan fingerprint density at radius 1 is 1.30 bits per heavy atom. The van der Waals surface area contributed by atoms with Gasteiger partial charge in [-0.2, -0.15) is 0 Å². The number of halogens is 1. The fourth-order valence-electron chi connectivity index (χ4n) is 2.09. The van der Waals surface area contributed by atoms with E-state index in [-0.39, 0.29) is 12.3 Å². The Labute approximate surface area is 146 Å². The average Bonchev–Trinajstić information content (AvgIpc) is 3.00. The first kappa shape index (κ1) is 15.8. The number of pyridine rings is 1. The first-order chi connectivity index (χ1) is 11.1. The Balaban J connectivity index is 1.66. The van der Waals surface area contributed by atoms with Gasteiger partial charge < -0.3 is 5.32 Å². The van der Waals surface area contributed by atoms with E-state index in [2.05, 4.69) is 31.2 Å². The molecule has 0 radical (unpaired) electrons. The van der Waals surface area contributed by atoms with Crippen LogP contribution in [0, 0.1) is 6.92 Å². The predicted octanol–water partition coefficient (Wildman–Crippen LogP) is 4.46. The number of nitrogens with one attached hydrogen (secondary N) is 1. The quantitative estimate of drug-likeness (QED) is 0.718. The Bertz CT molecular complexity index is 833. The summed E-state index contributed by atoms with van der Waals surface area (Å²) in [5, 5.41) is 5.62. The molecule has 3 aromatic rings. The number of hydrogen-bond donors (Lipinski definition) is 1. The number of benzene rings is 1. The molecule has 0 aliphatic heterocycles. The Kier molecular flexibility index (Phi) is 4.83. The zero-order valence-corrected chi connectivity index (χ0v) is 14.8. The fraction of sp³-hybridized carbons (Fsp3) is 0.118. The number of thiazole rings is 1. The van der Waals surface area contributed by atoms with E-state index in [4.69, 9.17) is 0 Å². The maximum absolute atomic E-state index is 12.2. The Hall–Kier alpha value is -2.05. The largest absolute Gasteiger partial charge is 0.326 e. The van der Waals surface area contributed by atoms with Crippen molar-refractivity contribution in [3.8, 4) is 10.7 Å². The number of carbonyl (C=O) groups excluding carboxylic acids is 1. The highest BCUT2D eigenvalue weighted by molar-refractivity contribution is 9.10. The summed E-state index contributed by atoms with van der Waals surface area (Å²) in [5.41, 5.74) is 3.44. The highest BCUT2D eigenvalue weighted by Gasteiger charge is 2.10. The molecule has 4 nitrogen and oxygen atoms in total. The minimum atomic E-state index is -0.0791. The lowest BCUT2D eigenvalue weighted by Gasteiger charge is -2.06. The van der Waals surface area contributed by atoms with E-state index in [1.807, 2.05) is 48.7 Å². The highest BCUT2D eigenvalue weighted by Crippen LogP contribution is 2.22. The van der Waals surface area contributed by atoms with Crippen LogP contribution in [0.5, 0.6) is 0 Å². The van der Waals surface area contributed by atoms with Crippen molar-refractivity contribution in [1.29, 1.82) is 0 Å². The van der Waals surface area contributed by atoms with Crippen LogP contribution >= 0.6 is 27.3 Å². The van der Waals surface area contributed by atoms with Crippen molar-refractivity contribution < 1.29 is 4.79 Å². The van der Waals surface area contributed by atoms with Gasteiger partial charge in [0.15, 0.2) is 0 Å². The van der Waals surface area contributed by atoms with E-state index in [0.717, 1.165) is 32.1 Å². The average molecular weight is 388 g/mol. The van der Waals surface area contributed by atoms with Crippen LogP contribution in [0.2, 0.25) is 0 Å². The molecule has 2 heterocycles. The van der Waals surface area contributed by atoms with Gasteiger partial charge in [0.2, 0.25) is 5.91 Å². The number of amides is 1. The molecule has 0 unspecified atom stereocenters. The first-order valence-corrected chi connectivity index (χ1v) is 8.71. The van der Waals surface area contributed by atoms with Gasteiger partial charge in [0.05, 0.1) is 17.8 Å². The van der Waals surface area contributed by atoms with Gasteiger partial charge in [-0.25, -0.2) is 4.98 Å². The maximum atomic E-state index is 12.2. The van der Waals surface area contributed by atoms with E-state index in [1.165, 1.54) is 11.3 Å². The van der Waals surface area contributed by atoms with Crippen LogP contribution in [-0.4, -0.2) is 15.9 Å². The first-order valence-electron chi connectivity index (χ1n) is 7.03. The molecule has 0 atom stereocenters. The summed E-state index contributed by atoms with van der Waals surface area (Å²) in [7, 11) is 0. The molecule has 3 rings (SSSR count). The zero-order chi connectivity index (χ0) is 16.2. The van der Waals surface area contributed by atoms with Crippen molar-refractivity contribution >= 4 is 38.9 Å². The van der Waals surface area contributed by atoms with Gasteiger partial charge in [0, 0.05) is 21.7 Å². The topological polar surface area (TPSA) is 54.9 Å². The van der Waals surface area contributed by atoms with Gasteiger partial charge in [-0.1, -0.05) is 22.0 Å². The highest BCUT2D eigenvalue weighted by atomic mass is 79.9. The molecule has 0 aliphatic carbocycles. The van der Waals surface area contributed by atoms with Crippen LogP contribution < -0.4 is 5.32 Å². The van der Waals surface area contributed by atoms with Crippen LogP contribution in [-0.2, 0) is 11.2 Å². The lowest BCUT2D eigenvalue weighted by molar-refractivity contribution is -0.115. The molecule has 6 heteroatoms. The summed E-state index contributed by atoms with van der Waals surface area (Å²) in [6.45, 7) is 1.99. The fourth-order valence-corrected chi connectivity index (χ4v) is 3.13. The summed E-state index contributed by atoms with van der Waals surface area (Å²) in [5.74, 6) is -0.0791. The van der Waals surface area contributed by atoms with Gasteiger partial charge in [-0.3, -0.25) is 9.78 Å². The van der Waals surface area contributed by atoms with Crippen molar-refractivity contribution in [3.63, 3.8) is 0 Å². The molecule has 2 aromatic heterocycles. The third kappa shape index (κ3) is 4.03. The number of anilines is 1. The van der Waals surface area contributed by atoms with Crippen LogP contribution in [0.3, 0.4) is 0 Å². The molecule has 0 aliphatic rings. The number of aryl methyl sites for hydroxylation is 1. The summed E-state index contributed by atoms with van der Waals surface area (Å²) >= 11 is 4.94. The van der Waals surface area contributed by atoms with E-state index in [1.54, 1.807) is 6.20 Å². The third-order valence-corrected chi connectivity index (χ3v) is 5.02. The molecule has 0 bridgehead atoms. The molecule has 1 aromatic carbocycles. The molecule has 0 spiro atoms. The summed E-state index contributed by atoms with van der Waals surface area (Å²) in [6.07, 6.45) is 1.98. The maximum Gasteiger partial charge on any atom is 0.230 e. The van der Waals surface area contributed by atoms with Gasteiger partial charge in [-0.05, 0) is 42.8 Å². The van der Waals surface area contributed by atoms with Crippen LogP contribution in [0.15, 0.2) is 52.4 Å². The van der Waals surface area contributed by atoms with Crippen molar-refractivity contribution in [2.75, 3.05) is 5.32 Å². The van der Waals surface area contributed by atoms with Gasteiger partial charge in [0.1, 0.15) is 5.01 Å².